The van der Waals surface area contributed by atoms with Crippen LogP contribution < -0.4 is 5.73 Å². The van der Waals surface area contributed by atoms with Crippen LogP contribution in [0.5, 0.6) is 0 Å². The third-order valence-electron chi connectivity index (χ3n) is 2.00. The van der Waals surface area contributed by atoms with Crippen molar-refractivity contribution in [2.24, 2.45) is 0 Å². The van der Waals surface area contributed by atoms with Crippen molar-refractivity contribution in [1.82, 2.24) is 0 Å². The summed E-state index contributed by atoms with van der Waals surface area (Å²) in [4.78, 5) is 9.92. The van der Waals surface area contributed by atoms with Crippen molar-refractivity contribution in [3.63, 3.8) is 0 Å². The fourth-order valence-corrected chi connectivity index (χ4v) is 1.22. The molecule has 16 heavy (non-hydrogen) atoms. The second-order valence-electron chi connectivity index (χ2n) is 3.09. The Bertz CT molecular complexity index is 455. The van der Waals surface area contributed by atoms with Gasteiger partial charge in [-0.05, 0) is 12.1 Å². The zero-order chi connectivity index (χ0) is 12.3. The third-order valence-corrected chi connectivity index (χ3v) is 2.00. The molecule has 0 radical (unpaired) electrons. The van der Waals surface area contributed by atoms with Crippen LogP contribution in [0.4, 0.5) is 11.4 Å². The Labute approximate surface area is 90.5 Å². The number of nitrogens with zero attached hydrogens (tertiary/aromatic N) is 2. The zero-order valence-corrected chi connectivity index (χ0v) is 8.07. The molecule has 2 atom stereocenters. The van der Waals surface area contributed by atoms with E-state index in [-0.39, 0.29) is 11.3 Å². The lowest BCUT2D eigenvalue weighted by Crippen LogP contribution is -2.17. The smallest absolute Gasteiger partial charge is 0.275 e. The Hall–Kier alpha value is -2.17. The molecule has 4 N–H and O–H groups in total. The van der Waals surface area contributed by atoms with Crippen molar-refractivity contribution in [1.29, 1.82) is 5.26 Å². The first-order valence-corrected chi connectivity index (χ1v) is 4.27. The molecule has 0 fully saturated rings. The van der Waals surface area contributed by atoms with E-state index in [0.29, 0.717) is 0 Å². The molecule has 1 rings (SSSR count). The van der Waals surface area contributed by atoms with Crippen molar-refractivity contribution >= 4 is 11.4 Å². The number of nitriles is 1. The molecule has 84 valence electrons. The number of aliphatic hydroxyl groups is 2. The largest absolute Gasteiger partial charge is 0.399 e. The Morgan fingerprint density at radius 3 is 2.62 bits per heavy atom. The van der Waals surface area contributed by atoms with Gasteiger partial charge >= 0.3 is 0 Å². The van der Waals surface area contributed by atoms with Gasteiger partial charge in [-0.3, -0.25) is 10.1 Å². The van der Waals surface area contributed by atoms with Crippen LogP contribution in [-0.4, -0.2) is 21.2 Å². The summed E-state index contributed by atoms with van der Waals surface area (Å²) in [6.45, 7) is 0. The number of aliphatic hydroxyl groups excluding tert-OH is 2. The summed E-state index contributed by atoms with van der Waals surface area (Å²) in [5.74, 6) is 0. The van der Waals surface area contributed by atoms with Crippen LogP contribution in [0.1, 0.15) is 11.7 Å². The summed E-state index contributed by atoms with van der Waals surface area (Å²) in [5, 5.41) is 37.7. The standard InChI is InChI=1S/C9H9N3O4/c10-4-8(13)9(14)6-3-5(11)1-2-7(6)12(15)16/h1-3,8-9,13-14H,11H2. The second-order valence-corrected chi connectivity index (χ2v) is 3.09. The highest BCUT2D eigenvalue weighted by atomic mass is 16.6. The summed E-state index contributed by atoms with van der Waals surface area (Å²) >= 11 is 0. The Kier molecular flexibility index (Phi) is 3.40. The first-order chi connectivity index (χ1) is 7.47. The van der Waals surface area contributed by atoms with Gasteiger partial charge < -0.3 is 15.9 Å². The predicted octanol–water partition coefficient (Wildman–Crippen LogP) is 0.0949. The number of rotatable bonds is 3. The summed E-state index contributed by atoms with van der Waals surface area (Å²) in [6, 6.07) is 4.95. The topological polar surface area (TPSA) is 133 Å². The lowest BCUT2D eigenvalue weighted by atomic mass is 10.0. The molecule has 0 heterocycles. The quantitative estimate of drug-likeness (QED) is 0.288. The number of hydrogen-bond acceptors (Lipinski definition) is 6. The van der Waals surface area contributed by atoms with E-state index in [1.54, 1.807) is 0 Å². The molecule has 0 aliphatic rings. The average Bonchev–Trinajstić information content (AvgIpc) is 2.26. The molecule has 0 aliphatic heterocycles. The van der Waals surface area contributed by atoms with Gasteiger partial charge in [-0.15, -0.1) is 0 Å². The predicted molar refractivity (Wildman–Crippen MR) is 54.1 cm³/mol. The maximum atomic E-state index is 10.6. The minimum Gasteiger partial charge on any atom is -0.399 e. The number of nitro benzene ring substituents is 1. The Morgan fingerprint density at radius 1 is 1.50 bits per heavy atom. The lowest BCUT2D eigenvalue weighted by molar-refractivity contribution is -0.386. The molecular weight excluding hydrogens is 214 g/mol. The van der Waals surface area contributed by atoms with Crippen molar-refractivity contribution in [3.05, 3.63) is 33.9 Å². The molecule has 0 aromatic heterocycles. The van der Waals surface area contributed by atoms with E-state index in [0.717, 1.165) is 12.1 Å². The van der Waals surface area contributed by atoms with Crippen LogP contribution >= 0.6 is 0 Å². The van der Waals surface area contributed by atoms with E-state index in [4.69, 9.17) is 16.1 Å². The molecule has 0 saturated heterocycles. The molecule has 0 amide bonds. The van der Waals surface area contributed by atoms with Gasteiger partial charge in [0.15, 0.2) is 6.10 Å². The highest BCUT2D eigenvalue weighted by Crippen LogP contribution is 2.28. The van der Waals surface area contributed by atoms with Crippen LogP contribution in [0, 0.1) is 21.4 Å². The van der Waals surface area contributed by atoms with Crippen LogP contribution in [0.15, 0.2) is 18.2 Å². The van der Waals surface area contributed by atoms with Gasteiger partial charge in [0.2, 0.25) is 0 Å². The van der Waals surface area contributed by atoms with Crippen LogP contribution in [-0.2, 0) is 0 Å². The van der Waals surface area contributed by atoms with E-state index in [9.17, 15) is 15.2 Å². The van der Waals surface area contributed by atoms with Crippen molar-refractivity contribution in [3.8, 4) is 6.07 Å². The van der Waals surface area contributed by atoms with E-state index in [1.807, 2.05) is 0 Å². The van der Waals surface area contributed by atoms with Gasteiger partial charge in [0, 0.05) is 11.8 Å². The molecule has 2 unspecified atom stereocenters. The maximum Gasteiger partial charge on any atom is 0.275 e. The fourth-order valence-electron chi connectivity index (χ4n) is 1.22. The average molecular weight is 223 g/mol. The zero-order valence-electron chi connectivity index (χ0n) is 8.07. The van der Waals surface area contributed by atoms with Gasteiger partial charge in [-0.1, -0.05) is 0 Å². The summed E-state index contributed by atoms with van der Waals surface area (Å²) in [7, 11) is 0. The Morgan fingerprint density at radius 2 is 2.12 bits per heavy atom. The van der Waals surface area contributed by atoms with Crippen LogP contribution in [0.3, 0.4) is 0 Å². The second kappa shape index (κ2) is 4.57. The summed E-state index contributed by atoms with van der Waals surface area (Å²) < 4.78 is 0. The van der Waals surface area contributed by atoms with E-state index in [2.05, 4.69) is 0 Å². The molecule has 0 aliphatic carbocycles. The number of anilines is 1. The molecule has 0 saturated carbocycles. The fraction of sp³-hybridized carbons (Fsp3) is 0.222. The van der Waals surface area contributed by atoms with Crippen LogP contribution in [0.25, 0.3) is 0 Å². The monoisotopic (exact) mass is 223 g/mol. The first kappa shape index (κ1) is 11.9. The summed E-state index contributed by atoms with van der Waals surface area (Å²) in [5.41, 5.74) is 5.03. The maximum absolute atomic E-state index is 10.6. The molecule has 1 aromatic rings. The van der Waals surface area contributed by atoms with Crippen molar-refractivity contribution < 1.29 is 15.1 Å². The van der Waals surface area contributed by atoms with E-state index >= 15 is 0 Å². The number of hydrogen-bond donors (Lipinski definition) is 3. The number of nitrogens with two attached hydrogens (primary N) is 1. The number of benzene rings is 1. The molecule has 1 aromatic carbocycles. The molecule has 7 heteroatoms. The minimum absolute atomic E-state index is 0.181. The lowest BCUT2D eigenvalue weighted by Gasteiger charge is -2.12. The van der Waals surface area contributed by atoms with Gasteiger partial charge in [-0.25, -0.2) is 0 Å². The Balaban J connectivity index is 3.25. The van der Waals surface area contributed by atoms with Gasteiger partial charge in [0.05, 0.1) is 16.6 Å². The third kappa shape index (κ3) is 2.25. The number of nitrogen functional groups attached to an aromatic ring is 1. The molecule has 0 bridgehead atoms. The van der Waals surface area contributed by atoms with E-state index in [1.165, 1.54) is 12.1 Å². The van der Waals surface area contributed by atoms with Crippen molar-refractivity contribution in [2.75, 3.05) is 5.73 Å². The molecule has 7 nitrogen and oxygen atoms in total. The normalized spacial score (nSPS) is 13.8. The van der Waals surface area contributed by atoms with Crippen molar-refractivity contribution in [2.45, 2.75) is 12.2 Å². The number of nitro groups is 1. The highest BCUT2D eigenvalue weighted by Gasteiger charge is 2.26. The first-order valence-electron chi connectivity index (χ1n) is 4.27. The van der Waals surface area contributed by atoms with E-state index < -0.39 is 22.8 Å². The van der Waals surface area contributed by atoms with Crippen LogP contribution in [0.2, 0.25) is 0 Å². The minimum atomic E-state index is -1.74. The summed E-state index contributed by atoms with van der Waals surface area (Å²) in [6.07, 6.45) is -3.39. The highest BCUT2D eigenvalue weighted by molar-refractivity contribution is 5.52. The van der Waals surface area contributed by atoms with Gasteiger partial charge in [0.25, 0.3) is 5.69 Å². The molecule has 0 spiro atoms. The SMILES string of the molecule is N#CC(O)C(O)c1cc(N)ccc1[N+](=O)[O-]. The molecular formula is C9H9N3O4. The van der Waals surface area contributed by atoms with Gasteiger partial charge in [0.1, 0.15) is 6.10 Å². The van der Waals surface area contributed by atoms with Gasteiger partial charge in [-0.2, -0.15) is 5.26 Å².